The molecule has 5 nitrogen and oxygen atoms in total. The first kappa shape index (κ1) is 17.8. The van der Waals surface area contributed by atoms with Gasteiger partial charge in [-0.15, -0.1) is 0 Å². The highest BCUT2D eigenvalue weighted by atomic mass is 16.5. The van der Waals surface area contributed by atoms with Gasteiger partial charge < -0.3 is 9.84 Å². The molecule has 0 aliphatic heterocycles. The summed E-state index contributed by atoms with van der Waals surface area (Å²) < 4.78 is 5.48. The summed E-state index contributed by atoms with van der Waals surface area (Å²) in [5, 5.41) is 12.2. The van der Waals surface area contributed by atoms with E-state index in [9.17, 15) is 14.7 Å². The number of hydrogen-bond acceptors (Lipinski definition) is 4. The molecule has 0 saturated carbocycles. The Morgan fingerprint density at radius 1 is 0.964 bits per heavy atom. The number of ether oxygens (including phenoxy) is 1. The van der Waals surface area contributed by atoms with Crippen LogP contribution in [0.15, 0.2) is 66.7 Å². The summed E-state index contributed by atoms with van der Waals surface area (Å²) >= 11 is 0. The maximum atomic E-state index is 12.3. The van der Waals surface area contributed by atoms with Crippen molar-refractivity contribution in [1.29, 1.82) is 0 Å². The number of nitrogens with one attached hydrogen (secondary N) is 1. The lowest BCUT2D eigenvalue weighted by Crippen LogP contribution is -2.19. The number of amides is 1. The Hall–Kier alpha value is -3.60. The second-order valence-corrected chi connectivity index (χ2v) is 6.74. The van der Waals surface area contributed by atoms with Crippen molar-refractivity contribution < 1.29 is 19.4 Å². The van der Waals surface area contributed by atoms with Crippen LogP contribution in [0.2, 0.25) is 0 Å². The molecule has 0 radical (unpaired) electrons. The number of carbonyl (C=O) groups is 2. The molecule has 140 valence electrons. The summed E-state index contributed by atoms with van der Waals surface area (Å²) in [5.74, 6) is -0.335. The fraction of sp³-hybridized carbons (Fsp3) is 0.130. The van der Waals surface area contributed by atoms with Crippen LogP contribution >= 0.6 is 0 Å². The third-order valence-corrected chi connectivity index (χ3v) is 4.96. The van der Waals surface area contributed by atoms with E-state index in [1.807, 2.05) is 24.3 Å². The van der Waals surface area contributed by atoms with Crippen molar-refractivity contribution >= 4 is 17.6 Å². The molecule has 0 heterocycles. The number of Topliss-reactive ketones (excluding diaryl/α,β-unsaturated/α-hetero) is 1. The van der Waals surface area contributed by atoms with Crippen LogP contribution in [0.25, 0.3) is 11.1 Å². The fourth-order valence-electron chi connectivity index (χ4n) is 3.68. The molecule has 0 bridgehead atoms. The summed E-state index contributed by atoms with van der Waals surface area (Å²) in [6, 6.07) is 20.4. The SMILES string of the molecule is CC(=O)c1cc(O)ccc1NC(=O)OCC1c2ccccc2-c2ccccc21. The molecule has 0 saturated heterocycles. The lowest BCUT2D eigenvalue weighted by molar-refractivity contribution is 0.101. The topological polar surface area (TPSA) is 75.6 Å². The van der Waals surface area contributed by atoms with Crippen molar-refractivity contribution in [2.45, 2.75) is 12.8 Å². The molecule has 2 N–H and O–H groups in total. The van der Waals surface area contributed by atoms with E-state index in [0.29, 0.717) is 5.69 Å². The number of phenolic OH excluding ortho intramolecular Hbond substituents is 1. The Kier molecular flexibility index (Phi) is 4.57. The van der Waals surface area contributed by atoms with Gasteiger partial charge >= 0.3 is 6.09 Å². The Morgan fingerprint density at radius 2 is 1.57 bits per heavy atom. The van der Waals surface area contributed by atoms with Gasteiger partial charge in [0.15, 0.2) is 5.78 Å². The van der Waals surface area contributed by atoms with E-state index >= 15 is 0 Å². The number of benzene rings is 3. The van der Waals surface area contributed by atoms with Gasteiger partial charge in [0.25, 0.3) is 0 Å². The van der Waals surface area contributed by atoms with Crippen LogP contribution in [0, 0.1) is 0 Å². The minimum atomic E-state index is -0.643. The van der Waals surface area contributed by atoms with Crippen LogP contribution < -0.4 is 5.32 Å². The Balaban J connectivity index is 1.51. The van der Waals surface area contributed by atoms with Crippen molar-refractivity contribution in [1.82, 2.24) is 0 Å². The molecule has 0 atom stereocenters. The van der Waals surface area contributed by atoms with Gasteiger partial charge in [-0.1, -0.05) is 48.5 Å². The minimum Gasteiger partial charge on any atom is -0.508 e. The highest BCUT2D eigenvalue weighted by Gasteiger charge is 2.29. The summed E-state index contributed by atoms with van der Waals surface area (Å²) in [7, 11) is 0. The maximum absolute atomic E-state index is 12.3. The number of rotatable bonds is 4. The standard InChI is InChI=1S/C23H19NO4/c1-14(25)20-12-15(26)10-11-22(20)24-23(27)28-13-21-18-8-4-2-6-16(18)17-7-3-5-9-19(17)21/h2-12,21,26H,13H2,1H3,(H,24,27). The zero-order chi connectivity index (χ0) is 19.7. The van der Waals surface area contributed by atoms with E-state index in [-0.39, 0.29) is 29.6 Å². The third-order valence-electron chi connectivity index (χ3n) is 4.96. The van der Waals surface area contributed by atoms with Crippen molar-refractivity contribution in [3.05, 3.63) is 83.4 Å². The monoisotopic (exact) mass is 373 g/mol. The van der Waals surface area contributed by atoms with E-state index in [0.717, 1.165) is 22.3 Å². The summed E-state index contributed by atoms with van der Waals surface area (Å²) in [6.07, 6.45) is -0.643. The minimum absolute atomic E-state index is 0.0368. The number of aromatic hydroxyl groups is 1. The number of ketones is 1. The first-order chi connectivity index (χ1) is 13.5. The molecular formula is C23H19NO4. The van der Waals surface area contributed by atoms with Crippen molar-refractivity contribution in [2.24, 2.45) is 0 Å². The van der Waals surface area contributed by atoms with Crippen molar-refractivity contribution in [3.63, 3.8) is 0 Å². The number of fused-ring (bicyclic) bond motifs is 3. The molecule has 1 aliphatic rings. The van der Waals surface area contributed by atoms with Gasteiger partial charge in [0.2, 0.25) is 0 Å². The fourth-order valence-corrected chi connectivity index (χ4v) is 3.68. The first-order valence-corrected chi connectivity index (χ1v) is 9.00. The quantitative estimate of drug-likeness (QED) is 0.501. The largest absolute Gasteiger partial charge is 0.508 e. The van der Waals surface area contributed by atoms with Crippen LogP contribution in [0.1, 0.15) is 34.3 Å². The zero-order valence-corrected chi connectivity index (χ0v) is 15.3. The molecule has 0 unspecified atom stereocenters. The van der Waals surface area contributed by atoms with E-state index < -0.39 is 6.09 Å². The molecule has 3 aromatic rings. The Morgan fingerprint density at radius 3 is 2.18 bits per heavy atom. The second-order valence-electron chi connectivity index (χ2n) is 6.74. The van der Waals surface area contributed by atoms with Crippen LogP contribution in [0.3, 0.4) is 0 Å². The van der Waals surface area contributed by atoms with Crippen LogP contribution in [-0.4, -0.2) is 23.6 Å². The van der Waals surface area contributed by atoms with Gasteiger partial charge in [0, 0.05) is 11.5 Å². The normalized spacial score (nSPS) is 12.2. The number of hydrogen-bond donors (Lipinski definition) is 2. The zero-order valence-electron chi connectivity index (χ0n) is 15.3. The van der Waals surface area contributed by atoms with Gasteiger partial charge in [0.1, 0.15) is 12.4 Å². The van der Waals surface area contributed by atoms with Gasteiger partial charge in [0.05, 0.1) is 5.69 Å². The lowest BCUT2D eigenvalue weighted by Gasteiger charge is -2.15. The smallest absolute Gasteiger partial charge is 0.411 e. The number of anilines is 1. The van der Waals surface area contributed by atoms with E-state index in [1.54, 1.807) is 0 Å². The van der Waals surface area contributed by atoms with E-state index in [2.05, 4.69) is 29.6 Å². The first-order valence-electron chi connectivity index (χ1n) is 9.00. The highest BCUT2D eigenvalue weighted by Crippen LogP contribution is 2.44. The molecule has 28 heavy (non-hydrogen) atoms. The molecule has 3 aromatic carbocycles. The molecule has 4 rings (SSSR count). The number of carbonyl (C=O) groups excluding carboxylic acids is 2. The van der Waals surface area contributed by atoms with E-state index in [1.165, 1.54) is 25.1 Å². The van der Waals surface area contributed by atoms with Crippen LogP contribution in [0.4, 0.5) is 10.5 Å². The molecule has 0 aromatic heterocycles. The van der Waals surface area contributed by atoms with Crippen molar-refractivity contribution in [3.8, 4) is 16.9 Å². The van der Waals surface area contributed by atoms with Gasteiger partial charge in [-0.25, -0.2) is 4.79 Å². The predicted octanol–water partition coefficient (Wildman–Crippen LogP) is 4.96. The summed E-state index contributed by atoms with van der Waals surface area (Å²) in [5.41, 5.74) is 5.11. The average molecular weight is 373 g/mol. The van der Waals surface area contributed by atoms with Gasteiger partial charge in [-0.3, -0.25) is 10.1 Å². The van der Waals surface area contributed by atoms with Crippen LogP contribution in [-0.2, 0) is 4.74 Å². The Labute approximate surface area is 162 Å². The molecule has 1 amide bonds. The van der Waals surface area contributed by atoms with Crippen LogP contribution in [0.5, 0.6) is 5.75 Å². The van der Waals surface area contributed by atoms with Gasteiger partial charge in [-0.05, 0) is 47.4 Å². The number of phenols is 1. The second kappa shape index (κ2) is 7.19. The molecule has 0 spiro atoms. The third kappa shape index (κ3) is 3.22. The predicted molar refractivity (Wildman–Crippen MR) is 107 cm³/mol. The molecule has 0 fully saturated rings. The summed E-state index contributed by atoms with van der Waals surface area (Å²) in [6.45, 7) is 1.56. The molecular weight excluding hydrogens is 354 g/mol. The average Bonchev–Trinajstić information content (AvgIpc) is 3.01. The van der Waals surface area contributed by atoms with Gasteiger partial charge in [-0.2, -0.15) is 0 Å². The lowest BCUT2D eigenvalue weighted by atomic mass is 9.98. The summed E-state index contributed by atoms with van der Waals surface area (Å²) in [4.78, 5) is 24.1. The van der Waals surface area contributed by atoms with E-state index in [4.69, 9.17) is 4.74 Å². The van der Waals surface area contributed by atoms with Crippen molar-refractivity contribution in [2.75, 3.05) is 11.9 Å². The molecule has 5 heteroatoms. The highest BCUT2D eigenvalue weighted by molar-refractivity contribution is 6.03. The Bertz CT molecular complexity index is 1030. The molecule has 1 aliphatic carbocycles. The maximum Gasteiger partial charge on any atom is 0.411 e.